The number of carboxylic acid groups (broad SMARTS) is 1. The number of amides is 1. The molecular weight excluding hydrogens is 313 g/mol. The van der Waals surface area contributed by atoms with Crippen molar-refractivity contribution in [1.82, 2.24) is 4.90 Å². The van der Waals surface area contributed by atoms with Gasteiger partial charge in [-0.05, 0) is 24.5 Å². The van der Waals surface area contributed by atoms with Gasteiger partial charge in [0.1, 0.15) is 0 Å². The third-order valence-corrected chi connectivity index (χ3v) is 4.28. The van der Waals surface area contributed by atoms with Crippen molar-refractivity contribution in [3.05, 3.63) is 39.9 Å². The molecule has 111 valence electrons. The molecule has 0 saturated carbocycles. The van der Waals surface area contributed by atoms with E-state index in [1.54, 1.807) is 23.1 Å². The van der Waals surface area contributed by atoms with Gasteiger partial charge < -0.3 is 10.0 Å². The number of halogens is 2. The van der Waals surface area contributed by atoms with Crippen molar-refractivity contribution in [2.24, 2.45) is 5.92 Å². The molecule has 0 bridgehead atoms. The quantitative estimate of drug-likeness (QED) is 0.868. The lowest BCUT2D eigenvalue weighted by Crippen LogP contribution is -2.39. The fraction of sp³-hybridized carbons (Fsp3) is 0.333. The molecule has 1 aliphatic rings. The van der Waals surface area contributed by atoms with Gasteiger partial charge in [-0.15, -0.1) is 0 Å². The summed E-state index contributed by atoms with van der Waals surface area (Å²) in [6.07, 6.45) is 4.01. The van der Waals surface area contributed by atoms with E-state index < -0.39 is 5.97 Å². The fourth-order valence-corrected chi connectivity index (χ4v) is 2.56. The molecule has 1 aromatic rings. The van der Waals surface area contributed by atoms with Crippen LogP contribution in [0.15, 0.2) is 18.2 Å². The van der Waals surface area contributed by atoms with Crippen LogP contribution >= 0.6 is 23.2 Å². The maximum absolute atomic E-state index is 12.1. The Kier molecular flexibility index (Phi) is 5.26. The first kappa shape index (κ1) is 15.9. The molecule has 0 aromatic heterocycles. The molecule has 1 heterocycles. The van der Waals surface area contributed by atoms with Crippen LogP contribution in [0.3, 0.4) is 0 Å². The zero-order valence-electron chi connectivity index (χ0n) is 11.2. The zero-order valence-corrected chi connectivity index (χ0v) is 12.7. The van der Waals surface area contributed by atoms with E-state index in [2.05, 4.69) is 6.07 Å². The molecule has 1 N–H and O–H groups in total. The maximum Gasteiger partial charge on any atom is 0.306 e. The van der Waals surface area contributed by atoms with Crippen molar-refractivity contribution in [2.45, 2.75) is 12.8 Å². The van der Waals surface area contributed by atoms with Gasteiger partial charge in [0.15, 0.2) is 0 Å². The number of likely N-dealkylation sites (tertiary alicyclic amines) is 1. The lowest BCUT2D eigenvalue weighted by atomic mass is 9.97. The molecule has 1 fully saturated rings. The first-order chi connectivity index (χ1) is 9.99. The Morgan fingerprint density at radius 3 is 2.62 bits per heavy atom. The highest BCUT2D eigenvalue weighted by molar-refractivity contribution is 6.42. The van der Waals surface area contributed by atoms with E-state index in [-0.39, 0.29) is 11.8 Å². The minimum Gasteiger partial charge on any atom is -0.481 e. The number of piperidine rings is 1. The Labute approximate surface area is 133 Å². The van der Waals surface area contributed by atoms with Gasteiger partial charge in [-0.3, -0.25) is 9.59 Å². The van der Waals surface area contributed by atoms with Gasteiger partial charge in [-0.2, -0.15) is 0 Å². The number of carboxylic acids is 1. The average molecular weight is 327 g/mol. The topological polar surface area (TPSA) is 57.6 Å². The normalized spacial score (nSPS) is 16.4. The van der Waals surface area contributed by atoms with Crippen molar-refractivity contribution < 1.29 is 14.7 Å². The molecule has 0 atom stereocenters. The van der Waals surface area contributed by atoms with Gasteiger partial charge in [0.2, 0.25) is 5.91 Å². The Hall–Kier alpha value is -1.52. The summed E-state index contributed by atoms with van der Waals surface area (Å²) >= 11 is 11.9. The molecule has 1 amide bonds. The number of hydrogen-bond donors (Lipinski definition) is 1. The zero-order chi connectivity index (χ0) is 15.4. The smallest absolute Gasteiger partial charge is 0.306 e. The van der Waals surface area contributed by atoms with Crippen LogP contribution in [0.25, 0.3) is 6.08 Å². The largest absolute Gasteiger partial charge is 0.481 e. The minimum absolute atomic E-state index is 0.154. The van der Waals surface area contributed by atoms with E-state index in [0.29, 0.717) is 41.5 Å². The first-order valence-corrected chi connectivity index (χ1v) is 7.30. The number of hydrogen-bond acceptors (Lipinski definition) is 2. The number of rotatable bonds is 3. The van der Waals surface area contributed by atoms with Crippen LogP contribution in [0.2, 0.25) is 10.0 Å². The fourth-order valence-electron chi connectivity index (χ4n) is 2.21. The Morgan fingerprint density at radius 2 is 2.00 bits per heavy atom. The van der Waals surface area contributed by atoms with E-state index in [0.717, 1.165) is 0 Å². The Morgan fingerprint density at radius 1 is 1.33 bits per heavy atom. The lowest BCUT2D eigenvalue weighted by molar-refractivity contribution is -0.144. The lowest BCUT2D eigenvalue weighted by Gasteiger charge is -2.29. The van der Waals surface area contributed by atoms with Gasteiger partial charge >= 0.3 is 5.97 Å². The number of carbonyl (C=O) groups is 2. The molecule has 1 aliphatic heterocycles. The number of nitrogens with zero attached hydrogens (tertiary/aromatic N) is 1. The Bertz CT molecular complexity index is 578. The highest BCUT2D eigenvalue weighted by Gasteiger charge is 2.25. The highest BCUT2D eigenvalue weighted by Crippen LogP contribution is 2.26. The second kappa shape index (κ2) is 6.96. The van der Waals surface area contributed by atoms with Crippen LogP contribution in [-0.2, 0) is 9.59 Å². The molecular formula is C15H14Cl2NO3. The van der Waals surface area contributed by atoms with E-state index in [4.69, 9.17) is 28.3 Å². The van der Waals surface area contributed by atoms with Crippen molar-refractivity contribution >= 4 is 41.2 Å². The molecule has 2 rings (SSSR count). The van der Waals surface area contributed by atoms with Crippen molar-refractivity contribution in [3.8, 4) is 0 Å². The summed E-state index contributed by atoms with van der Waals surface area (Å²) in [7, 11) is 0. The maximum atomic E-state index is 12.1. The van der Waals surface area contributed by atoms with Crippen LogP contribution in [0, 0.1) is 12.0 Å². The summed E-state index contributed by atoms with van der Waals surface area (Å²) in [6.45, 7) is 0.911. The van der Waals surface area contributed by atoms with Gasteiger partial charge in [-0.1, -0.05) is 35.3 Å². The molecule has 1 saturated heterocycles. The van der Waals surface area contributed by atoms with Crippen LogP contribution in [-0.4, -0.2) is 35.0 Å². The third-order valence-electron chi connectivity index (χ3n) is 3.48. The van der Waals surface area contributed by atoms with Crippen LogP contribution in [0.4, 0.5) is 0 Å². The van der Waals surface area contributed by atoms with Crippen molar-refractivity contribution in [3.63, 3.8) is 0 Å². The number of aliphatic carboxylic acids is 1. The van der Waals surface area contributed by atoms with E-state index in [1.165, 1.54) is 6.08 Å². The molecule has 6 heteroatoms. The summed E-state index contributed by atoms with van der Waals surface area (Å²) < 4.78 is 0. The van der Waals surface area contributed by atoms with Gasteiger partial charge in [0.05, 0.1) is 16.0 Å². The molecule has 1 aromatic carbocycles. The van der Waals surface area contributed by atoms with E-state index in [1.807, 2.05) is 0 Å². The summed E-state index contributed by atoms with van der Waals surface area (Å²) in [5, 5.41) is 9.59. The summed E-state index contributed by atoms with van der Waals surface area (Å²) in [5.41, 5.74) is 0.647. The highest BCUT2D eigenvalue weighted by atomic mass is 35.5. The molecule has 1 radical (unpaired) electrons. The number of benzene rings is 1. The van der Waals surface area contributed by atoms with Crippen LogP contribution in [0.1, 0.15) is 18.4 Å². The number of carbonyl (C=O) groups excluding carboxylic acids is 1. The van der Waals surface area contributed by atoms with E-state index >= 15 is 0 Å². The summed E-state index contributed by atoms with van der Waals surface area (Å²) in [6, 6.07) is 6.11. The van der Waals surface area contributed by atoms with Gasteiger partial charge in [0, 0.05) is 25.2 Å². The second-order valence-electron chi connectivity index (χ2n) is 4.83. The third kappa shape index (κ3) is 3.99. The predicted octanol–water partition coefficient (Wildman–Crippen LogP) is 3.13. The standard InChI is InChI=1S/C15H14Cl2NO3/c16-12-3-1-2-10(14(12)17)4-5-13(19)18-8-6-11(7-9-18)15(20)21/h1-2,4-5,11H,6-9H2,(H,20,21)/b5-4+. The van der Waals surface area contributed by atoms with Gasteiger partial charge in [0.25, 0.3) is 0 Å². The molecule has 21 heavy (non-hydrogen) atoms. The predicted molar refractivity (Wildman–Crippen MR) is 81.3 cm³/mol. The van der Waals surface area contributed by atoms with E-state index in [9.17, 15) is 9.59 Å². The molecule has 0 unspecified atom stereocenters. The summed E-state index contributed by atoms with van der Waals surface area (Å²) in [4.78, 5) is 24.6. The SMILES string of the molecule is O=C(O)C1CCN(C(=O)/C=C/c2cc[c]c(Cl)c2Cl)CC1. The molecule has 0 aliphatic carbocycles. The Balaban J connectivity index is 1.97. The minimum atomic E-state index is -0.792. The molecule has 4 nitrogen and oxygen atoms in total. The van der Waals surface area contributed by atoms with Gasteiger partial charge in [-0.25, -0.2) is 0 Å². The summed E-state index contributed by atoms with van der Waals surface area (Å²) in [5.74, 6) is -1.30. The molecule has 0 spiro atoms. The monoisotopic (exact) mass is 326 g/mol. The van der Waals surface area contributed by atoms with Crippen molar-refractivity contribution in [2.75, 3.05) is 13.1 Å². The van der Waals surface area contributed by atoms with Crippen LogP contribution < -0.4 is 0 Å². The van der Waals surface area contributed by atoms with Crippen molar-refractivity contribution in [1.29, 1.82) is 0 Å². The first-order valence-electron chi connectivity index (χ1n) is 6.54. The second-order valence-corrected chi connectivity index (χ2v) is 5.59. The van der Waals surface area contributed by atoms with Crippen LogP contribution in [0.5, 0.6) is 0 Å². The average Bonchev–Trinajstić information content (AvgIpc) is 2.48.